The van der Waals surface area contributed by atoms with Crippen LogP contribution in [0.1, 0.15) is 55.5 Å². The van der Waals surface area contributed by atoms with E-state index in [2.05, 4.69) is 12.2 Å². The Morgan fingerprint density at radius 1 is 1.11 bits per heavy atom. The van der Waals surface area contributed by atoms with E-state index >= 15 is 0 Å². The standard InChI is InChI=1S/C21H28N2O4S/c1-13-11-17-12-16(21(25)22-18-7-9-28(26,27)10-8-18)5-6-19(17)23(14(2)24)20(13)15-3-4-15/h5-6,12-13,15,18,20H,3-4,7-11H2,1-2H3,(H,22,25)/t13-,20-/m1/s1. The first-order valence-corrected chi connectivity index (χ1v) is 12.0. The number of anilines is 1. The van der Waals surface area contributed by atoms with E-state index in [1.54, 1.807) is 13.0 Å². The van der Waals surface area contributed by atoms with Crippen LogP contribution in [0, 0.1) is 11.8 Å². The molecular formula is C21H28N2O4S. The third-order valence-electron chi connectivity index (χ3n) is 6.36. The van der Waals surface area contributed by atoms with Gasteiger partial charge in [-0.15, -0.1) is 0 Å². The van der Waals surface area contributed by atoms with Gasteiger partial charge in [0.15, 0.2) is 0 Å². The topological polar surface area (TPSA) is 83.6 Å². The zero-order chi connectivity index (χ0) is 20.1. The summed E-state index contributed by atoms with van der Waals surface area (Å²) in [6.07, 6.45) is 4.18. The smallest absolute Gasteiger partial charge is 0.251 e. The molecule has 2 fully saturated rings. The van der Waals surface area contributed by atoms with Crippen molar-refractivity contribution in [3.05, 3.63) is 29.3 Å². The van der Waals surface area contributed by atoms with E-state index in [9.17, 15) is 18.0 Å². The maximum Gasteiger partial charge on any atom is 0.251 e. The number of nitrogens with zero attached hydrogens (tertiary/aromatic N) is 1. The van der Waals surface area contributed by atoms with Gasteiger partial charge in [-0.05, 0) is 67.7 Å². The zero-order valence-electron chi connectivity index (χ0n) is 16.5. The van der Waals surface area contributed by atoms with Crippen molar-refractivity contribution in [1.82, 2.24) is 5.32 Å². The maximum atomic E-state index is 12.7. The van der Waals surface area contributed by atoms with Crippen LogP contribution in [0.2, 0.25) is 0 Å². The Hall–Kier alpha value is -1.89. The van der Waals surface area contributed by atoms with Crippen molar-refractivity contribution in [3.8, 4) is 0 Å². The minimum Gasteiger partial charge on any atom is -0.349 e. The zero-order valence-corrected chi connectivity index (χ0v) is 17.3. The Kier molecular flexibility index (Phi) is 4.98. The molecule has 4 rings (SSSR count). The van der Waals surface area contributed by atoms with Crippen molar-refractivity contribution in [2.24, 2.45) is 11.8 Å². The Morgan fingerprint density at radius 3 is 2.39 bits per heavy atom. The molecule has 2 atom stereocenters. The average Bonchev–Trinajstić information content (AvgIpc) is 3.46. The van der Waals surface area contributed by atoms with Gasteiger partial charge in [0.25, 0.3) is 5.91 Å². The van der Waals surface area contributed by atoms with Crippen LogP contribution in [-0.4, -0.2) is 43.8 Å². The van der Waals surface area contributed by atoms with E-state index in [1.807, 2.05) is 17.0 Å². The summed E-state index contributed by atoms with van der Waals surface area (Å²) in [7, 11) is -2.94. The molecule has 28 heavy (non-hydrogen) atoms. The molecule has 152 valence electrons. The summed E-state index contributed by atoms with van der Waals surface area (Å²) < 4.78 is 23.1. The molecule has 1 aliphatic carbocycles. The minimum absolute atomic E-state index is 0.0605. The molecule has 0 radical (unpaired) electrons. The molecule has 1 aromatic rings. The lowest BCUT2D eigenvalue weighted by Crippen LogP contribution is -2.48. The predicted octanol–water partition coefficient (Wildman–Crippen LogP) is 2.32. The van der Waals surface area contributed by atoms with Crippen molar-refractivity contribution >= 4 is 27.3 Å². The first-order valence-electron chi connectivity index (χ1n) is 10.2. The molecule has 1 aromatic carbocycles. The second-order valence-corrected chi connectivity index (χ2v) is 10.9. The largest absolute Gasteiger partial charge is 0.349 e. The van der Waals surface area contributed by atoms with Gasteiger partial charge in [-0.1, -0.05) is 6.92 Å². The highest BCUT2D eigenvalue weighted by atomic mass is 32.2. The van der Waals surface area contributed by atoms with Crippen LogP contribution in [0.25, 0.3) is 0 Å². The monoisotopic (exact) mass is 404 g/mol. The van der Waals surface area contributed by atoms with E-state index in [1.165, 1.54) is 12.8 Å². The predicted molar refractivity (Wildman–Crippen MR) is 108 cm³/mol. The van der Waals surface area contributed by atoms with Crippen molar-refractivity contribution in [1.29, 1.82) is 0 Å². The van der Waals surface area contributed by atoms with Crippen LogP contribution in [0.15, 0.2) is 18.2 Å². The first-order chi connectivity index (χ1) is 13.2. The summed E-state index contributed by atoms with van der Waals surface area (Å²) in [5.74, 6) is 1.12. The van der Waals surface area contributed by atoms with E-state index < -0.39 is 9.84 Å². The summed E-state index contributed by atoms with van der Waals surface area (Å²) in [4.78, 5) is 27.0. The van der Waals surface area contributed by atoms with Gasteiger partial charge >= 0.3 is 0 Å². The SMILES string of the molecule is CC(=O)N1c2ccc(C(=O)NC3CCS(=O)(=O)CC3)cc2C[C@@H](C)[C@@H]1C1CC1. The average molecular weight is 405 g/mol. The lowest BCUT2D eigenvalue weighted by molar-refractivity contribution is -0.117. The number of amides is 2. The Morgan fingerprint density at radius 2 is 1.79 bits per heavy atom. The van der Waals surface area contributed by atoms with Gasteiger partial charge in [0.05, 0.1) is 11.5 Å². The lowest BCUT2D eigenvalue weighted by atomic mass is 9.83. The summed E-state index contributed by atoms with van der Waals surface area (Å²) >= 11 is 0. The van der Waals surface area contributed by atoms with E-state index in [4.69, 9.17) is 0 Å². The quantitative estimate of drug-likeness (QED) is 0.838. The fourth-order valence-corrected chi connectivity index (χ4v) is 6.30. The second kappa shape index (κ2) is 7.17. The lowest BCUT2D eigenvalue weighted by Gasteiger charge is -2.41. The van der Waals surface area contributed by atoms with Crippen molar-refractivity contribution in [2.45, 2.75) is 58.0 Å². The fraction of sp³-hybridized carbons (Fsp3) is 0.619. The Bertz CT molecular complexity index is 893. The Labute approximate surface area is 166 Å². The minimum atomic E-state index is -2.94. The first kappa shape index (κ1) is 19.4. The van der Waals surface area contributed by atoms with Gasteiger partial charge in [-0.3, -0.25) is 9.59 Å². The van der Waals surface area contributed by atoms with Crippen LogP contribution >= 0.6 is 0 Å². The number of carbonyl (C=O) groups excluding carboxylic acids is 2. The van der Waals surface area contributed by atoms with Crippen molar-refractivity contribution < 1.29 is 18.0 Å². The van der Waals surface area contributed by atoms with Crippen LogP contribution in [0.5, 0.6) is 0 Å². The molecule has 3 aliphatic rings. The number of carbonyl (C=O) groups is 2. The maximum absolute atomic E-state index is 12.7. The van der Waals surface area contributed by atoms with Gasteiger partial charge in [0.1, 0.15) is 9.84 Å². The second-order valence-electron chi connectivity index (χ2n) is 8.64. The molecule has 1 saturated heterocycles. The molecule has 6 nitrogen and oxygen atoms in total. The fourth-order valence-electron chi connectivity index (χ4n) is 4.80. The van der Waals surface area contributed by atoms with Crippen LogP contribution in [-0.2, 0) is 21.1 Å². The third-order valence-corrected chi connectivity index (χ3v) is 8.07. The normalized spacial score (nSPS) is 27.1. The van der Waals surface area contributed by atoms with Crippen molar-refractivity contribution in [2.75, 3.05) is 16.4 Å². The molecule has 0 aromatic heterocycles. The van der Waals surface area contributed by atoms with Crippen LogP contribution in [0.4, 0.5) is 5.69 Å². The number of benzene rings is 1. The molecular weight excluding hydrogens is 376 g/mol. The van der Waals surface area contributed by atoms with Gasteiger partial charge in [0, 0.05) is 30.3 Å². The summed E-state index contributed by atoms with van der Waals surface area (Å²) in [6.45, 7) is 3.81. The third kappa shape index (κ3) is 3.81. The molecule has 0 bridgehead atoms. The molecule has 1 saturated carbocycles. The molecule has 7 heteroatoms. The van der Waals surface area contributed by atoms with E-state index in [0.29, 0.717) is 30.2 Å². The number of nitrogens with one attached hydrogen (secondary N) is 1. The van der Waals surface area contributed by atoms with Gasteiger partial charge < -0.3 is 10.2 Å². The molecule has 2 heterocycles. The number of hydrogen-bond donors (Lipinski definition) is 1. The molecule has 2 aliphatic heterocycles. The highest BCUT2D eigenvalue weighted by molar-refractivity contribution is 7.91. The molecule has 1 N–H and O–H groups in total. The van der Waals surface area contributed by atoms with E-state index in [0.717, 1.165) is 17.7 Å². The Balaban J connectivity index is 1.53. The summed E-state index contributed by atoms with van der Waals surface area (Å²) in [5.41, 5.74) is 2.55. The number of sulfone groups is 1. The van der Waals surface area contributed by atoms with Crippen LogP contribution < -0.4 is 10.2 Å². The highest BCUT2D eigenvalue weighted by Crippen LogP contribution is 2.45. The molecule has 2 amide bonds. The van der Waals surface area contributed by atoms with Gasteiger partial charge in [0.2, 0.25) is 5.91 Å². The molecule has 0 spiro atoms. The van der Waals surface area contributed by atoms with Gasteiger partial charge in [-0.25, -0.2) is 8.42 Å². The summed E-state index contributed by atoms with van der Waals surface area (Å²) in [6, 6.07) is 5.74. The van der Waals surface area contributed by atoms with E-state index in [-0.39, 0.29) is 35.4 Å². The molecule has 0 unspecified atom stereocenters. The van der Waals surface area contributed by atoms with Crippen molar-refractivity contribution in [3.63, 3.8) is 0 Å². The van der Waals surface area contributed by atoms with Gasteiger partial charge in [-0.2, -0.15) is 0 Å². The van der Waals surface area contributed by atoms with Crippen LogP contribution in [0.3, 0.4) is 0 Å². The highest BCUT2D eigenvalue weighted by Gasteiger charge is 2.43. The number of rotatable bonds is 3. The summed E-state index contributed by atoms with van der Waals surface area (Å²) in [5, 5.41) is 2.98. The number of hydrogen-bond acceptors (Lipinski definition) is 4. The number of fused-ring (bicyclic) bond motifs is 1.